The van der Waals surface area contributed by atoms with Crippen LogP contribution in [0.2, 0.25) is 0 Å². The number of nitrogens with one attached hydrogen (secondary N) is 3. The second-order valence-electron chi connectivity index (χ2n) is 8.03. The van der Waals surface area contributed by atoms with Crippen LogP contribution in [0.5, 0.6) is 5.75 Å². The van der Waals surface area contributed by atoms with Crippen LogP contribution in [-0.4, -0.2) is 57.0 Å². The summed E-state index contributed by atoms with van der Waals surface area (Å²) in [6.45, 7) is 13.9. The molecule has 0 amide bonds. The number of rotatable bonds is 12. The molecule has 1 atom stereocenters. The van der Waals surface area contributed by atoms with Gasteiger partial charge in [-0.3, -0.25) is 6.42 Å². The molecule has 0 radical (unpaired) electrons. The third-order valence-corrected chi connectivity index (χ3v) is 6.89. The van der Waals surface area contributed by atoms with Crippen LogP contribution in [0.25, 0.3) is 0 Å². The Morgan fingerprint density at radius 1 is 1.24 bits per heavy atom. The first kappa shape index (κ1) is 35.7. The van der Waals surface area contributed by atoms with Gasteiger partial charge in [0.1, 0.15) is 13.0 Å². The van der Waals surface area contributed by atoms with E-state index in [2.05, 4.69) is 45.8 Å². The Kier molecular flexibility index (Phi) is 16.7. The summed E-state index contributed by atoms with van der Waals surface area (Å²) in [6.07, 6.45) is 3.15. The minimum Gasteiger partial charge on any atom is -0.551 e. The summed E-state index contributed by atoms with van der Waals surface area (Å²) in [6, 6.07) is 16.1. The van der Waals surface area contributed by atoms with Crippen LogP contribution >= 0.6 is 18.7 Å². The number of para-hydroxylation sites is 1. The molecule has 0 spiro atoms. The van der Waals surface area contributed by atoms with E-state index in [4.69, 9.17) is 16.3 Å². The summed E-state index contributed by atoms with van der Waals surface area (Å²) in [7, 11) is -2.47. The molecule has 7 nitrogen and oxygen atoms in total. The van der Waals surface area contributed by atoms with Crippen molar-refractivity contribution in [3.05, 3.63) is 87.1 Å². The number of benzene rings is 2. The topological polar surface area (TPSA) is 78.0 Å². The second kappa shape index (κ2) is 17.3. The third-order valence-electron chi connectivity index (χ3n) is 5.06. The first-order valence-corrected chi connectivity index (χ1v) is 13.9. The average Bonchev–Trinajstić information content (AvgIpc) is 2.81. The number of hydrogen-bond acceptors (Lipinski definition) is 7. The van der Waals surface area contributed by atoms with E-state index < -0.39 is 13.4 Å². The summed E-state index contributed by atoms with van der Waals surface area (Å²) in [5.41, 5.74) is 1.55. The Hall–Kier alpha value is -1.28. The minimum absolute atomic E-state index is 0. The predicted molar refractivity (Wildman–Crippen MR) is 150 cm³/mol. The molecule has 192 valence electrons. The first-order valence-electron chi connectivity index (χ1n) is 10.9. The van der Waals surface area contributed by atoms with E-state index in [0.29, 0.717) is 36.3 Å². The Morgan fingerprint density at radius 2 is 1.95 bits per heavy atom. The molecule has 1 heterocycles. The maximum atomic E-state index is 12.7. The Bertz CT molecular complexity index is 1080. The maximum absolute atomic E-state index is 12.7. The van der Waals surface area contributed by atoms with E-state index in [-0.39, 0.29) is 45.1 Å². The van der Waals surface area contributed by atoms with Crippen LogP contribution in [0.4, 0.5) is 11.4 Å². The summed E-state index contributed by atoms with van der Waals surface area (Å²) in [5, 5.41) is 11.0. The molecule has 37 heavy (non-hydrogen) atoms. The van der Waals surface area contributed by atoms with Crippen molar-refractivity contribution in [2.75, 3.05) is 50.2 Å². The van der Waals surface area contributed by atoms with Crippen molar-refractivity contribution in [2.45, 2.75) is 6.29 Å². The SMILES string of the molecule is [CH2-]CN(C[CH2-])C[CH-]COc1[c-]ccc(NC2N=CC(Cl)=C(Nc3ccccc3P(C)(C)=O)N2)c1.[CH3-].[Li+].[Li+]. The fraction of sp³-hybridized carbons (Fsp3) is 0.269. The van der Waals surface area contributed by atoms with E-state index in [9.17, 15) is 4.57 Å². The molecular formula is C26H34ClLi2N5O2P-3. The molecule has 3 rings (SSSR count). The summed E-state index contributed by atoms with van der Waals surface area (Å²) < 4.78 is 18.5. The zero-order chi connectivity index (χ0) is 24.6. The standard InChI is InChI=1S/C25H31ClN5O2P.CH3.2Li/c1-5-31(6-2)15-10-16-33-20-12-9-11-19(17-20)28-25-27-18-21(26)24(30-25)29-22-13-7-8-14-23(22)34(3,4)32;;;/h7-11,13-14,17-18,25,28-30H,1-2,5-6,15-16H2,3-4H3;1H3;;/q-4;-1;2*+1. The second-order valence-corrected chi connectivity index (χ2v) is 11.6. The first-order chi connectivity index (χ1) is 16.3. The summed E-state index contributed by atoms with van der Waals surface area (Å²) in [5.74, 6) is 1.20. The van der Waals surface area contributed by atoms with Crippen molar-refractivity contribution in [3.63, 3.8) is 0 Å². The van der Waals surface area contributed by atoms with Gasteiger partial charge in [0.05, 0.1) is 10.7 Å². The number of hydrogen-bond donors (Lipinski definition) is 3. The zero-order valence-electron chi connectivity index (χ0n) is 22.6. The minimum atomic E-state index is -2.47. The van der Waals surface area contributed by atoms with Crippen molar-refractivity contribution < 1.29 is 47.0 Å². The van der Waals surface area contributed by atoms with Crippen molar-refractivity contribution >= 4 is 41.6 Å². The van der Waals surface area contributed by atoms with Crippen LogP contribution in [-0.2, 0) is 4.57 Å². The molecule has 0 bridgehead atoms. The largest absolute Gasteiger partial charge is 1.00 e. The number of anilines is 2. The fourth-order valence-corrected chi connectivity index (χ4v) is 4.57. The quantitative estimate of drug-likeness (QED) is 0.137. The fourth-order valence-electron chi connectivity index (χ4n) is 3.25. The molecule has 1 aliphatic heterocycles. The molecule has 1 unspecified atom stereocenters. The number of halogens is 1. The molecule has 3 N–H and O–H groups in total. The number of aliphatic imine (C=N–C) groups is 1. The van der Waals surface area contributed by atoms with Gasteiger partial charge in [-0.2, -0.15) is 6.07 Å². The smallest absolute Gasteiger partial charge is 0.551 e. The number of ether oxygens (including phenoxy) is 1. The van der Waals surface area contributed by atoms with Gasteiger partial charge in [0.2, 0.25) is 0 Å². The number of allylic oxidation sites excluding steroid dienone is 1. The van der Waals surface area contributed by atoms with Gasteiger partial charge < -0.3 is 51.4 Å². The van der Waals surface area contributed by atoms with Gasteiger partial charge in [-0.05, 0) is 32.1 Å². The van der Waals surface area contributed by atoms with Gasteiger partial charge in [-0.25, -0.2) is 4.99 Å². The molecule has 0 saturated carbocycles. The Balaban J connectivity index is 0.00000432. The molecule has 1 aliphatic rings. The van der Waals surface area contributed by atoms with Crippen molar-refractivity contribution in [2.24, 2.45) is 4.99 Å². The Labute approximate surface area is 252 Å². The van der Waals surface area contributed by atoms with E-state index in [1.807, 2.05) is 42.8 Å². The third kappa shape index (κ3) is 11.2. The summed E-state index contributed by atoms with van der Waals surface area (Å²) >= 11 is 6.38. The van der Waals surface area contributed by atoms with E-state index >= 15 is 0 Å². The molecule has 2 aromatic rings. The molecule has 0 aromatic heterocycles. The molecule has 0 aliphatic carbocycles. The Morgan fingerprint density at radius 3 is 2.62 bits per heavy atom. The van der Waals surface area contributed by atoms with Gasteiger partial charge in [0.15, 0.2) is 6.29 Å². The van der Waals surface area contributed by atoms with E-state index in [1.54, 1.807) is 25.6 Å². The predicted octanol–water partition coefficient (Wildman–Crippen LogP) is -1.36. The molecule has 2 aromatic carbocycles. The van der Waals surface area contributed by atoms with Gasteiger partial charge in [0.25, 0.3) is 0 Å². The molecule has 0 saturated heterocycles. The monoisotopic (exact) mass is 528 g/mol. The van der Waals surface area contributed by atoms with Gasteiger partial charge >= 0.3 is 37.7 Å². The normalized spacial score (nSPS) is 14.6. The van der Waals surface area contributed by atoms with Crippen LogP contribution in [0.3, 0.4) is 0 Å². The van der Waals surface area contributed by atoms with E-state index in [1.165, 1.54) is 0 Å². The van der Waals surface area contributed by atoms with Crippen molar-refractivity contribution in [1.82, 2.24) is 10.2 Å². The van der Waals surface area contributed by atoms with Crippen LogP contribution in [0.1, 0.15) is 0 Å². The zero-order valence-corrected chi connectivity index (χ0v) is 24.2. The van der Waals surface area contributed by atoms with Gasteiger partial charge in [0, 0.05) is 17.3 Å². The average molecular weight is 529 g/mol. The summed E-state index contributed by atoms with van der Waals surface area (Å²) in [4.78, 5) is 6.50. The molecule has 0 fully saturated rings. The van der Waals surface area contributed by atoms with E-state index in [0.717, 1.165) is 23.2 Å². The van der Waals surface area contributed by atoms with Crippen molar-refractivity contribution in [1.29, 1.82) is 0 Å². The van der Waals surface area contributed by atoms with Crippen LogP contribution in [0.15, 0.2) is 58.3 Å². The molecule has 11 heteroatoms. The molecular weight excluding hydrogens is 495 g/mol. The van der Waals surface area contributed by atoms with Crippen LogP contribution < -0.4 is 63.7 Å². The van der Waals surface area contributed by atoms with Gasteiger partial charge in [-0.1, -0.05) is 29.4 Å². The van der Waals surface area contributed by atoms with Crippen molar-refractivity contribution in [3.8, 4) is 5.75 Å². The number of nitrogens with zero attached hydrogens (tertiary/aromatic N) is 2. The van der Waals surface area contributed by atoms with Crippen LogP contribution in [0, 0.1) is 33.8 Å². The van der Waals surface area contributed by atoms with Gasteiger partial charge in [-0.15, -0.1) is 37.8 Å². The maximum Gasteiger partial charge on any atom is 1.00 e.